The SMILES string of the molecule is [CH2]c1ccc2c(n1)NC(=O)CO2. The molecule has 0 aromatic carbocycles. The Morgan fingerprint density at radius 3 is 3.25 bits per heavy atom. The molecule has 1 N–H and O–H groups in total. The molecule has 0 spiro atoms. The lowest BCUT2D eigenvalue weighted by Gasteiger charge is -2.16. The first-order valence-electron chi connectivity index (χ1n) is 3.51. The Bertz CT molecular complexity index is 336. The summed E-state index contributed by atoms with van der Waals surface area (Å²) < 4.78 is 5.09. The minimum absolute atomic E-state index is 0.0607. The van der Waals surface area contributed by atoms with Crippen LogP contribution in [0.1, 0.15) is 5.69 Å². The molecule has 0 saturated carbocycles. The molecule has 0 saturated heterocycles. The van der Waals surface area contributed by atoms with Gasteiger partial charge in [-0.25, -0.2) is 4.98 Å². The zero-order valence-electron chi connectivity index (χ0n) is 6.33. The van der Waals surface area contributed by atoms with Crippen molar-refractivity contribution in [2.45, 2.75) is 0 Å². The number of carbonyl (C=O) groups excluding carboxylic acids is 1. The average molecular weight is 163 g/mol. The van der Waals surface area contributed by atoms with Crippen LogP contribution in [-0.2, 0) is 4.79 Å². The number of nitrogens with one attached hydrogen (secondary N) is 1. The van der Waals surface area contributed by atoms with Crippen LogP contribution in [0.15, 0.2) is 12.1 Å². The Labute approximate surface area is 69.6 Å². The lowest BCUT2D eigenvalue weighted by Crippen LogP contribution is -2.26. The van der Waals surface area contributed by atoms with Crippen molar-refractivity contribution in [3.05, 3.63) is 24.8 Å². The van der Waals surface area contributed by atoms with Crippen LogP contribution in [0.5, 0.6) is 5.75 Å². The summed E-state index contributed by atoms with van der Waals surface area (Å²) in [5.74, 6) is 0.876. The minimum Gasteiger partial charge on any atom is -0.480 e. The van der Waals surface area contributed by atoms with Gasteiger partial charge in [-0.15, -0.1) is 0 Å². The van der Waals surface area contributed by atoms with Crippen molar-refractivity contribution < 1.29 is 9.53 Å². The van der Waals surface area contributed by atoms with Crippen molar-refractivity contribution in [3.63, 3.8) is 0 Å². The molecule has 0 fully saturated rings. The van der Waals surface area contributed by atoms with Crippen molar-refractivity contribution in [3.8, 4) is 5.75 Å². The van der Waals surface area contributed by atoms with Gasteiger partial charge in [0.1, 0.15) is 0 Å². The van der Waals surface area contributed by atoms with Crippen LogP contribution in [0, 0.1) is 6.92 Å². The lowest BCUT2D eigenvalue weighted by molar-refractivity contribution is -0.118. The number of pyridine rings is 1. The fourth-order valence-corrected chi connectivity index (χ4v) is 1.00. The average Bonchev–Trinajstić information content (AvgIpc) is 2.03. The van der Waals surface area contributed by atoms with Gasteiger partial charge in [-0.1, -0.05) is 0 Å². The van der Waals surface area contributed by atoms with Crippen LogP contribution < -0.4 is 10.1 Å². The number of hydrogen-bond acceptors (Lipinski definition) is 3. The third kappa shape index (κ3) is 1.11. The second-order valence-corrected chi connectivity index (χ2v) is 2.49. The number of anilines is 1. The van der Waals surface area contributed by atoms with Gasteiger partial charge in [0, 0.05) is 5.69 Å². The summed E-state index contributed by atoms with van der Waals surface area (Å²) >= 11 is 0. The van der Waals surface area contributed by atoms with E-state index >= 15 is 0 Å². The first-order valence-corrected chi connectivity index (χ1v) is 3.51. The molecule has 0 aliphatic carbocycles. The Kier molecular flexibility index (Phi) is 1.46. The number of ether oxygens (including phenoxy) is 1. The van der Waals surface area contributed by atoms with Crippen molar-refractivity contribution in [2.75, 3.05) is 11.9 Å². The molecule has 1 aromatic rings. The van der Waals surface area contributed by atoms with Gasteiger partial charge in [0.15, 0.2) is 18.2 Å². The molecule has 1 aliphatic heterocycles. The summed E-state index contributed by atoms with van der Waals surface area (Å²) in [5.41, 5.74) is 0.611. The summed E-state index contributed by atoms with van der Waals surface area (Å²) in [6.45, 7) is 3.70. The second-order valence-electron chi connectivity index (χ2n) is 2.49. The number of hydrogen-bond donors (Lipinski definition) is 1. The summed E-state index contributed by atoms with van der Waals surface area (Å²) in [7, 11) is 0. The molecule has 0 atom stereocenters. The highest BCUT2D eigenvalue weighted by Gasteiger charge is 2.16. The van der Waals surface area contributed by atoms with E-state index in [9.17, 15) is 4.79 Å². The van der Waals surface area contributed by atoms with Crippen LogP contribution in [0.4, 0.5) is 5.82 Å². The van der Waals surface area contributed by atoms with Crippen molar-refractivity contribution in [2.24, 2.45) is 0 Å². The van der Waals surface area contributed by atoms with E-state index in [4.69, 9.17) is 4.74 Å². The number of aromatic nitrogens is 1. The van der Waals surface area contributed by atoms with E-state index in [1.165, 1.54) is 0 Å². The molecule has 2 heterocycles. The van der Waals surface area contributed by atoms with Gasteiger partial charge in [0.05, 0.1) is 0 Å². The Morgan fingerprint density at radius 2 is 2.42 bits per heavy atom. The molecule has 61 valence electrons. The highest BCUT2D eigenvalue weighted by molar-refractivity contribution is 5.94. The molecule has 12 heavy (non-hydrogen) atoms. The van der Waals surface area contributed by atoms with E-state index < -0.39 is 0 Å². The van der Waals surface area contributed by atoms with Gasteiger partial charge in [-0.05, 0) is 19.1 Å². The fraction of sp³-hybridized carbons (Fsp3) is 0.125. The lowest BCUT2D eigenvalue weighted by atomic mass is 10.3. The van der Waals surface area contributed by atoms with Gasteiger partial charge in [0.2, 0.25) is 0 Å². The number of fused-ring (bicyclic) bond motifs is 1. The maximum absolute atomic E-state index is 10.8. The molecular formula is C8H7N2O2. The number of amides is 1. The van der Waals surface area contributed by atoms with E-state index in [1.807, 2.05) is 0 Å². The normalized spacial score (nSPS) is 14.6. The van der Waals surface area contributed by atoms with E-state index in [1.54, 1.807) is 12.1 Å². The van der Waals surface area contributed by atoms with E-state index in [2.05, 4.69) is 17.2 Å². The third-order valence-corrected chi connectivity index (χ3v) is 1.53. The molecular weight excluding hydrogens is 156 g/mol. The molecule has 0 bridgehead atoms. The monoisotopic (exact) mass is 163 g/mol. The van der Waals surface area contributed by atoms with Gasteiger partial charge in [0.25, 0.3) is 5.91 Å². The first kappa shape index (κ1) is 7.09. The number of rotatable bonds is 0. The zero-order chi connectivity index (χ0) is 8.55. The molecule has 4 heteroatoms. The predicted molar refractivity (Wildman–Crippen MR) is 42.8 cm³/mol. The van der Waals surface area contributed by atoms with Gasteiger partial charge >= 0.3 is 0 Å². The van der Waals surface area contributed by atoms with Crippen LogP contribution in [-0.4, -0.2) is 17.5 Å². The minimum atomic E-state index is -0.180. The topological polar surface area (TPSA) is 51.2 Å². The zero-order valence-corrected chi connectivity index (χ0v) is 6.33. The van der Waals surface area contributed by atoms with E-state index in [0.29, 0.717) is 17.3 Å². The summed E-state index contributed by atoms with van der Waals surface area (Å²) in [5, 5.41) is 2.59. The van der Waals surface area contributed by atoms with Gasteiger partial charge in [-0.3, -0.25) is 4.79 Å². The molecule has 1 aromatic heterocycles. The summed E-state index contributed by atoms with van der Waals surface area (Å²) in [6.07, 6.45) is 0. The van der Waals surface area contributed by atoms with Gasteiger partial charge in [-0.2, -0.15) is 0 Å². The van der Waals surface area contributed by atoms with Crippen molar-refractivity contribution >= 4 is 11.7 Å². The second kappa shape index (κ2) is 2.48. The molecule has 1 aliphatic rings. The summed E-state index contributed by atoms with van der Waals surface area (Å²) in [6, 6.07) is 3.47. The van der Waals surface area contributed by atoms with Crippen LogP contribution in [0.25, 0.3) is 0 Å². The molecule has 0 unspecified atom stereocenters. The fourth-order valence-electron chi connectivity index (χ4n) is 1.00. The molecule has 1 radical (unpaired) electrons. The van der Waals surface area contributed by atoms with E-state index in [-0.39, 0.29) is 12.5 Å². The highest BCUT2D eigenvalue weighted by Crippen LogP contribution is 2.24. The smallest absolute Gasteiger partial charge is 0.263 e. The van der Waals surface area contributed by atoms with E-state index in [0.717, 1.165) is 0 Å². The van der Waals surface area contributed by atoms with Crippen LogP contribution >= 0.6 is 0 Å². The van der Waals surface area contributed by atoms with Crippen LogP contribution in [0.2, 0.25) is 0 Å². The predicted octanol–water partition coefficient (Wildman–Crippen LogP) is 0.595. The quantitative estimate of drug-likeness (QED) is 0.609. The third-order valence-electron chi connectivity index (χ3n) is 1.53. The number of nitrogens with zero attached hydrogens (tertiary/aromatic N) is 1. The number of carbonyl (C=O) groups is 1. The molecule has 4 nitrogen and oxygen atoms in total. The van der Waals surface area contributed by atoms with Crippen molar-refractivity contribution in [1.29, 1.82) is 0 Å². The molecule has 2 rings (SSSR count). The first-order chi connectivity index (χ1) is 5.75. The summed E-state index contributed by atoms with van der Waals surface area (Å²) in [4.78, 5) is 14.8. The Hall–Kier alpha value is -1.58. The van der Waals surface area contributed by atoms with Gasteiger partial charge < -0.3 is 10.1 Å². The highest BCUT2D eigenvalue weighted by atomic mass is 16.5. The van der Waals surface area contributed by atoms with Crippen molar-refractivity contribution in [1.82, 2.24) is 4.98 Å². The maximum atomic E-state index is 10.8. The van der Waals surface area contributed by atoms with Crippen LogP contribution in [0.3, 0.4) is 0 Å². The molecule has 1 amide bonds. The largest absolute Gasteiger partial charge is 0.480 e. The maximum Gasteiger partial charge on any atom is 0.263 e. The Balaban J connectivity index is 2.44. The standard InChI is InChI=1S/C8H7N2O2/c1-5-2-3-6-8(9-5)10-7(11)4-12-6/h2-3H,1,4H2,(H,9,10,11). The Morgan fingerprint density at radius 1 is 1.58 bits per heavy atom.